The van der Waals surface area contributed by atoms with Gasteiger partial charge in [0.25, 0.3) is 0 Å². The molecular weight excluding hydrogens is 276 g/mol. The first-order valence-corrected chi connectivity index (χ1v) is 8.76. The molecule has 0 unspecified atom stereocenters. The molecule has 4 rings (SSSR count). The summed E-state index contributed by atoms with van der Waals surface area (Å²) < 4.78 is 0. The molecule has 0 radical (unpaired) electrons. The molecular formula is C23H24. The Hall–Kier alpha value is -2.08. The lowest BCUT2D eigenvalue weighted by atomic mass is 9.80. The minimum atomic E-state index is 0.0893. The Balaban J connectivity index is 1.94. The van der Waals surface area contributed by atoms with E-state index in [0.29, 0.717) is 0 Å². The lowest BCUT2D eigenvalue weighted by molar-refractivity contribution is 0.576. The molecule has 0 nitrogen and oxygen atoms in total. The molecule has 116 valence electrons. The SMILES string of the molecule is CC1(C)C2=CCC=CC=C2C2=C1C=CCC=C2C1=CCCC=C1. The van der Waals surface area contributed by atoms with E-state index in [2.05, 4.69) is 74.6 Å². The first-order valence-electron chi connectivity index (χ1n) is 8.76. The van der Waals surface area contributed by atoms with Crippen LogP contribution < -0.4 is 0 Å². The average molecular weight is 300 g/mol. The lowest BCUT2D eigenvalue weighted by Gasteiger charge is -2.23. The maximum Gasteiger partial charge on any atom is 0.0155 e. The van der Waals surface area contributed by atoms with E-state index in [1.165, 1.54) is 39.9 Å². The molecule has 0 aromatic heterocycles. The van der Waals surface area contributed by atoms with Crippen molar-refractivity contribution < 1.29 is 0 Å². The smallest absolute Gasteiger partial charge is 0.0155 e. The summed E-state index contributed by atoms with van der Waals surface area (Å²) in [6.45, 7) is 4.75. The number of allylic oxidation sites excluding steroid dienone is 16. The van der Waals surface area contributed by atoms with Crippen LogP contribution in [0.3, 0.4) is 0 Å². The summed E-state index contributed by atoms with van der Waals surface area (Å²) in [6, 6.07) is 0. The minimum absolute atomic E-state index is 0.0893. The number of hydrogen-bond donors (Lipinski definition) is 0. The second-order valence-electron chi connectivity index (χ2n) is 7.17. The van der Waals surface area contributed by atoms with Crippen LogP contribution in [0.15, 0.2) is 94.2 Å². The normalized spacial score (nSPS) is 25.0. The molecule has 0 fully saturated rings. The van der Waals surface area contributed by atoms with Crippen molar-refractivity contribution in [3.05, 3.63) is 94.2 Å². The third-order valence-corrected chi connectivity index (χ3v) is 5.35. The first kappa shape index (κ1) is 14.5. The van der Waals surface area contributed by atoms with Crippen molar-refractivity contribution >= 4 is 0 Å². The molecule has 4 aliphatic rings. The van der Waals surface area contributed by atoms with Crippen molar-refractivity contribution in [1.82, 2.24) is 0 Å². The van der Waals surface area contributed by atoms with Crippen LogP contribution >= 0.6 is 0 Å². The quantitative estimate of drug-likeness (QED) is 0.533. The van der Waals surface area contributed by atoms with E-state index in [4.69, 9.17) is 0 Å². The highest BCUT2D eigenvalue weighted by Crippen LogP contribution is 2.55. The van der Waals surface area contributed by atoms with E-state index in [1.54, 1.807) is 0 Å². The van der Waals surface area contributed by atoms with Gasteiger partial charge >= 0.3 is 0 Å². The van der Waals surface area contributed by atoms with Gasteiger partial charge in [0.15, 0.2) is 0 Å². The molecule has 0 aromatic carbocycles. The summed E-state index contributed by atoms with van der Waals surface area (Å²) in [6.07, 6.45) is 27.7. The molecule has 0 heterocycles. The maximum absolute atomic E-state index is 2.42. The Labute approximate surface area is 139 Å². The molecule has 0 aromatic rings. The van der Waals surface area contributed by atoms with Gasteiger partial charge in [-0.2, -0.15) is 0 Å². The predicted molar refractivity (Wildman–Crippen MR) is 99.0 cm³/mol. The summed E-state index contributed by atoms with van der Waals surface area (Å²) >= 11 is 0. The molecule has 0 N–H and O–H groups in total. The van der Waals surface area contributed by atoms with E-state index >= 15 is 0 Å². The highest BCUT2D eigenvalue weighted by Gasteiger charge is 2.40. The zero-order valence-corrected chi connectivity index (χ0v) is 14.1. The Bertz CT molecular complexity index is 780. The highest BCUT2D eigenvalue weighted by atomic mass is 14.4. The van der Waals surface area contributed by atoms with E-state index in [0.717, 1.165) is 19.3 Å². The molecule has 4 aliphatic carbocycles. The Morgan fingerprint density at radius 3 is 2.52 bits per heavy atom. The molecule has 0 saturated heterocycles. The first-order chi connectivity index (χ1) is 11.2. The van der Waals surface area contributed by atoms with Gasteiger partial charge in [0.1, 0.15) is 0 Å². The predicted octanol–water partition coefficient (Wildman–Crippen LogP) is 6.30. The second-order valence-corrected chi connectivity index (χ2v) is 7.17. The zero-order valence-electron chi connectivity index (χ0n) is 14.1. The van der Waals surface area contributed by atoms with Crippen LogP contribution in [0, 0.1) is 5.41 Å². The summed E-state index contributed by atoms with van der Waals surface area (Å²) in [7, 11) is 0. The number of fused-ring (bicyclic) bond motifs is 2. The van der Waals surface area contributed by atoms with Crippen LogP contribution in [0.1, 0.15) is 39.5 Å². The second kappa shape index (κ2) is 5.53. The van der Waals surface area contributed by atoms with Crippen LogP contribution in [0.4, 0.5) is 0 Å². The van der Waals surface area contributed by atoms with Crippen molar-refractivity contribution in [3.8, 4) is 0 Å². The van der Waals surface area contributed by atoms with Crippen LogP contribution in [0.5, 0.6) is 0 Å². The third kappa shape index (κ3) is 2.28. The molecule has 0 aliphatic heterocycles. The van der Waals surface area contributed by atoms with Gasteiger partial charge in [-0.1, -0.05) is 74.6 Å². The van der Waals surface area contributed by atoms with E-state index in [9.17, 15) is 0 Å². The third-order valence-electron chi connectivity index (χ3n) is 5.35. The van der Waals surface area contributed by atoms with Gasteiger partial charge < -0.3 is 0 Å². The van der Waals surface area contributed by atoms with Crippen LogP contribution in [0.25, 0.3) is 0 Å². The van der Waals surface area contributed by atoms with Crippen molar-refractivity contribution in [2.45, 2.75) is 39.5 Å². The van der Waals surface area contributed by atoms with E-state index in [-0.39, 0.29) is 5.41 Å². The van der Waals surface area contributed by atoms with Gasteiger partial charge in [-0.3, -0.25) is 0 Å². The van der Waals surface area contributed by atoms with Crippen LogP contribution in [-0.2, 0) is 0 Å². The van der Waals surface area contributed by atoms with Gasteiger partial charge in [-0.05, 0) is 59.1 Å². The Morgan fingerprint density at radius 2 is 1.70 bits per heavy atom. The fourth-order valence-corrected chi connectivity index (χ4v) is 4.17. The Morgan fingerprint density at radius 1 is 0.826 bits per heavy atom. The van der Waals surface area contributed by atoms with Crippen LogP contribution in [0.2, 0.25) is 0 Å². The fourth-order valence-electron chi connectivity index (χ4n) is 4.17. The fraction of sp³-hybridized carbons (Fsp3) is 0.304. The van der Waals surface area contributed by atoms with Gasteiger partial charge in [0.05, 0.1) is 0 Å². The summed E-state index contributed by atoms with van der Waals surface area (Å²) in [5.74, 6) is 0. The maximum atomic E-state index is 2.42. The molecule has 0 heteroatoms. The lowest BCUT2D eigenvalue weighted by Crippen LogP contribution is -2.12. The number of rotatable bonds is 1. The molecule has 0 bridgehead atoms. The van der Waals surface area contributed by atoms with Gasteiger partial charge in [0.2, 0.25) is 0 Å². The van der Waals surface area contributed by atoms with Gasteiger partial charge in [-0.25, -0.2) is 0 Å². The van der Waals surface area contributed by atoms with Gasteiger partial charge in [0, 0.05) is 5.41 Å². The summed E-state index contributed by atoms with van der Waals surface area (Å²) in [5, 5.41) is 0. The van der Waals surface area contributed by atoms with E-state index < -0.39 is 0 Å². The average Bonchev–Trinajstić information content (AvgIpc) is 2.85. The summed E-state index contributed by atoms with van der Waals surface area (Å²) in [5.41, 5.74) is 8.78. The standard InChI is InChI=1S/C23H24/c1-23(2)20-15-8-4-7-14-19(20)22-18(13-9-10-16-21(22)23)17-11-5-3-6-12-17/h4-5,7,10-16H,3,6,8-9H2,1-2H3. The monoisotopic (exact) mass is 300 g/mol. The topological polar surface area (TPSA) is 0 Å². The van der Waals surface area contributed by atoms with Crippen molar-refractivity contribution in [1.29, 1.82) is 0 Å². The van der Waals surface area contributed by atoms with Crippen molar-refractivity contribution in [2.24, 2.45) is 5.41 Å². The van der Waals surface area contributed by atoms with E-state index in [1.807, 2.05) is 0 Å². The molecule has 0 saturated carbocycles. The van der Waals surface area contributed by atoms with Crippen molar-refractivity contribution in [3.63, 3.8) is 0 Å². The number of hydrogen-bond acceptors (Lipinski definition) is 0. The van der Waals surface area contributed by atoms with Gasteiger partial charge in [-0.15, -0.1) is 0 Å². The molecule has 0 spiro atoms. The van der Waals surface area contributed by atoms with Crippen LogP contribution in [-0.4, -0.2) is 0 Å². The highest BCUT2D eigenvalue weighted by molar-refractivity contribution is 5.75. The minimum Gasteiger partial charge on any atom is -0.0836 e. The van der Waals surface area contributed by atoms with Crippen molar-refractivity contribution in [2.75, 3.05) is 0 Å². The summed E-state index contributed by atoms with van der Waals surface area (Å²) in [4.78, 5) is 0. The zero-order chi connectivity index (χ0) is 15.9. The molecule has 23 heavy (non-hydrogen) atoms. The Kier molecular flexibility index (Phi) is 3.49. The molecule has 0 amide bonds. The largest absolute Gasteiger partial charge is 0.0836 e. The molecule has 0 atom stereocenters.